The van der Waals surface area contributed by atoms with Crippen molar-refractivity contribution in [1.29, 1.82) is 0 Å². The molecule has 1 aromatic rings. The first-order valence-electron chi connectivity index (χ1n) is 11.2. The number of carbonyl (C=O) groups is 2. The number of amides is 2. The normalized spacial score (nSPS) is 15.9. The van der Waals surface area contributed by atoms with Gasteiger partial charge in [-0.2, -0.15) is 4.31 Å². The fourth-order valence-corrected chi connectivity index (χ4v) is 5.19. The van der Waals surface area contributed by atoms with Gasteiger partial charge in [0.05, 0.1) is 11.4 Å². The number of rotatable bonds is 8. The van der Waals surface area contributed by atoms with Crippen LogP contribution in [0.3, 0.4) is 0 Å². The van der Waals surface area contributed by atoms with Crippen LogP contribution < -0.4 is 5.32 Å². The van der Waals surface area contributed by atoms with Crippen molar-refractivity contribution in [2.75, 3.05) is 26.2 Å². The molecule has 0 aliphatic carbocycles. The molecule has 174 valence electrons. The third-order valence-electron chi connectivity index (χ3n) is 5.34. The molecule has 7 nitrogen and oxygen atoms in total. The van der Waals surface area contributed by atoms with Crippen LogP contribution >= 0.6 is 0 Å². The second kappa shape index (κ2) is 11.1. The van der Waals surface area contributed by atoms with E-state index in [0.717, 1.165) is 31.2 Å². The summed E-state index contributed by atoms with van der Waals surface area (Å²) in [5.41, 5.74) is 0.563. The number of sulfonamides is 1. The van der Waals surface area contributed by atoms with Crippen molar-refractivity contribution < 1.29 is 18.0 Å². The lowest BCUT2D eigenvalue weighted by Crippen LogP contribution is -2.47. The van der Waals surface area contributed by atoms with Gasteiger partial charge in [-0.05, 0) is 64.7 Å². The maximum Gasteiger partial charge on any atom is 0.243 e. The van der Waals surface area contributed by atoms with Crippen molar-refractivity contribution in [1.82, 2.24) is 14.5 Å². The maximum absolute atomic E-state index is 12.9. The van der Waals surface area contributed by atoms with Gasteiger partial charge in [0.1, 0.15) is 0 Å². The van der Waals surface area contributed by atoms with Gasteiger partial charge >= 0.3 is 0 Å². The third-order valence-corrected chi connectivity index (χ3v) is 7.25. The second-order valence-corrected chi connectivity index (χ2v) is 11.1. The Bertz CT molecular complexity index is 837. The zero-order chi connectivity index (χ0) is 23.1. The van der Waals surface area contributed by atoms with Crippen LogP contribution in [0.1, 0.15) is 65.4 Å². The Morgan fingerprint density at radius 3 is 2.13 bits per heavy atom. The van der Waals surface area contributed by atoms with Gasteiger partial charge in [-0.3, -0.25) is 9.59 Å². The monoisotopic (exact) mass is 451 g/mol. The van der Waals surface area contributed by atoms with Gasteiger partial charge < -0.3 is 10.2 Å². The highest BCUT2D eigenvalue weighted by atomic mass is 32.2. The second-order valence-electron chi connectivity index (χ2n) is 9.17. The van der Waals surface area contributed by atoms with Crippen molar-refractivity contribution in [2.45, 2.75) is 76.7 Å². The Hall–Kier alpha value is -1.93. The number of nitrogens with zero attached hydrogens (tertiary/aromatic N) is 2. The molecule has 1 aliphatic rings. The Kier molecular flexibility index (Phi) is 9.06. The molecule has 0 radical (unpaired) electrons. The summed E-state index contributed by atoms with van der Waals surface area (Å²) in [5, 5.41) is 2.87. The highest BCUT2D eigenvalue weighted by Gasteiger charge is 2.25. The summed E-state index contributed by atoms with van der Waals surface area (Å²) < 4.78 is 27.3. The first-order valence-corrected chi connectivity index (χ1v) is 12.6. The molecular formula is C23H37N3O4S. The highest BCUT2D eigenvalue weighted by molar-refractivity contribution is 7.89. The van der Waals surface area contributed by atoms with Gasteiger partial charge in [0, 0.05) is 31.6 Å². The summed E-state index contributed by atoms with van der Waals surface area (Å²) in [6.45, 7) is 9.22. The minimum absolute atomic E-state index is 0.0413. The molecule has 1 saturated heterocycles. The number of benzene rings is 1. The number of hydrogen-bond acceptors (Lipinski definition) is 4. The van der Waals surface area contributed by atoms with Crippen LogP contribution in [0.5, 0.6) is 0 Å². The molecule has 2 amide bonds. The molecule has 2 rings (SSSR count). The predicted octanol–water partition coefficient (Wildman–Crippen LogP) is 2.95. The Morgan fingerprint density at radius 1 is 1.03 bits per heavy atom. The van der Waals surface area contributed by atoms with E-state index < -0.39 is 10.0 Å². The van der Waals surface area contributed by atoms with Gasteiger partial charge in [0.25, 0.3) is 0 Å². The molecule has 0 spiro atoms. The zero-order valence-corrected chi connectivity index (χ0v) is 20.1. The topological polar surface area (TPSA) is 86.8 Å². The van der Waals surface area contributed by atoms with Gasteiger partial charge in [-0.1, -0.05) is 25.0 Å². The van der Waals surface area contributed by atoms with E-state index in [4.69, 9.17) is 0 Å². The highest BCUT2D eigenvalue weighted by Crippen LogP contribution is 2.21. The molecule has 1 aromatic carbocycles. The molecule has 0 aromatic heterocycles. The largest absolute Gasteiger partial charge is 0.350 e. The molecule has 31 heavy (non-hydrogen) atoms. The van der Waals surface area contributed by atoms with E-state index in [2.05, 4.69) is 5.32 Å². The minimum atomic E-state index is -3.47. The molecule has 0 atom stereocenters. The zero-order valence-electron chi connectivity index (χ0n) is 19.3. The smallest absolute Gasteiger partial charge is 0.243 e. The predicted molar refractivity (Wildman–Crippen MR) is 122 cm³/mol. The first kappa shape index (κ1) is 25.3. The lowest BCUT2D eigenvalue weighted by Gasteiger charge is -2.25. The van der Waals surface area contributed by atoms with Crippen LogP contribution in [0.25, 0.3) is 0 Å². The number of aryl methyl sites for hydroxylation is 1. The molecule has 1 N–H and O–H groups in total. The molecule has 1 heterocycles. The summed E-state index contributed by atoms with van der Waals surface area (Å²) in [5.74, 6) is -0.265. The van der Waals surface area contributed by atoms with Crippen LogP contribution in [0.2, 0.25) is 0 Å². The van der Waals surface area contributed by atoms with E-state index in [1.54, 1.807) is 33.5 Å². The van der Waals surface area contributed by atoms with Gasteiger partial charge in [-0.15, -0.1) is 0 Å². The van der Waals surface area contributed by atoms with Gasteiger partial charge in [0.15, 0.2) is 0 Å². The number of hydrogen-bond donors (Lipinski definition) is 1. The third kappa shape index (κ3) is 7.92. The standard InChI is InChI=1S/C23H37N3O4S/c1-5-25(18-21(27)24-23(2,3)4)22(28)15-12-19-10-13-20(14-11-19)31(29,30)26-16-8-6-7-9-17-26/h10-11,13-14H,5-9,12,15-18H2,1-4H3,(H,24,27). The van der Waals surface area contributed by atoms with E-state index in [9.17, 15) is 18.0 Å². The number of carbonyl (C=O) groups excluding carboxylic acids is 2. The van der Waals surface area contributed by atoms with Crippen molar-refractivity contribution >= 4 is 21.8 Å². The first-order chi connectivity index (χ1) is 14.5. The van der Waals surface area contributed by atoms with E-state index in [0.29, 0.717) is 31.0 Å². The van der Waals surface area contributed by atoms with Crippen LogP contribution in [-0.2, 0) is 26.0 Å². The van der Waals surface area contributed by atoms with Crippen molar-refractivity contribution in [3.8, 4) is 0 Å². The maximum atomic E-state index is 12.9. The quantitative estimate of drug-likeness (QED) is 0.658. The summed E-state index contributed by atoms with van der Waals surface area (Å²) in [6, 6.07) is 6.82. The average molecular weight is 452 g/mol. The molecule has 0 unspecified atom stereocenters. The summed E-state index contributed by atoms with van der Waals surface area (Å²) >= 11 is 0. The van der Waals surface area contributed by atoms with Crippen LogP contribution in [0, 0.1) is 0 Å². The van der Waals surface area contributed by atoms with Crippen LogP contribution in [0.4, 0.5) is 0 Å². The van der Waals surface area contributed by atoms with E-state index in [1.807, 2.05) is 27.7 Å². The van der Waals surface area contributed by atoms with Crippen LogP contribution in [0.15, 0.2) is 29.2 Å². The lowest BCUT2D eigenvalue weighted by molar-refractivity contribution is -0.136. The summed E-state index contributed by atoms with van der Waals surface area (Å²) in [6.07, 6.45) is 4.73. The van der Waals surface area contributed by atoms with Gasteiger partial charge in [-0.25, -0.2) is 8.42 Å². The lowest BCUT2D eigenvalue weighted by atomic mass is 10.1. The SMILES string of the molecule is CCN(CC(=O)NC(C)(C)C)C(=O)CCc1ccc(S(=O)(=O)N2CCCCCC2)cc1. The minimum Gasteiger partial charge on any atom is -0.350 e. The van der Waals surface area contributed by atoms with E-state index in [-0.39, 0.29) is 30.3 Å². The van der Waals surface area contributed by atoms with Crippen molar-refractivity contribution in [3.63, 3.8) is 0 Å². The molecule has 0 saturated carbocycles. The summed E-state index contributed by atoms with van der Waals surface area (Å²) in [7, 11) is -3.47. The van der Waals surface area contributed by atoms with Crippen molar-refractivity contribution in [2.24, 2.45) is 0 Å². The number of nitrogens with one attached hydrogen (secondary N) is 1. The van der Waals surface area contributed by atoms with Gasteiger partial charge in [0.2, 0.25) is 21.8 Å². The molecule has 8 heteroatoms. The fraction of sp³-hybridized carbons (Fsp3) is 0.652. The van der Waals surface area contributed by atoms with Crippen LogP contribution in [-0.4, -0.2) is 61.2 Å². The number of likely N-dealkylation sites (N-methyl/N-ethyl adjacent to an activating group) is 1. The molecule has 1 fully saturated rings. The van der Waals surface area contributed by atoms with E-state index in [1.165, 1.54) is 0 Å². The molecule has 0 bridgehead atoms. The summed E-state index contributed by atoms with van der Waals surface area (Å²) in [4.78, 5) is 26.5. The van der Waals surface area contributed by atoms with Crippen molar-refractivity contribution in [3.05, 3.63) is 29.8 Å². The molecule has 1 aliphatic heterocycles. The fourth-order valence-electron chi connectivity index (χ4n) is 3.68. The Balaban J connectivity index is 1.93. The Labute approximate surface area is 187 Å². The molecular weight excluding hydrogens is 414 g/mol. The van der Waals surface area contributed by atoms with E-state index >= 15 is 0 Å². The average Bonchev–Trinajstić information content (AvgIpc) is 2.99. The Morgan fingerprint density at radius 2 is 1.61 bits per heavy atom.